The molecule has 6 rings (SSSR count). The Labute approximate surface area is 206 Å². The Bertz CT molecular complexity index is 1580. The van der Waals surface area contributed by atoms with Crippen molar-refractivity contribution in [2.45, 2.75) is 13.8 Å². The highest BCUT2D eigenvalue weighted by Gasteiger charge is 2.48. The van der Waals surface area contributed by atoms with Crippen LogP contribution in [0.15, 0.2) is 121 Å². The Hall–Kier alpha value is -3.46. The van der Waals surface area contributed by atoms with Gasteiger partial charge >= 0.3 is 0 Å². The number of hydrogen-bond acceptors (Lipinski definition) is 1. The molecule has 164 valence electrons. The third-order valence-corrected chi connectivity index (χ3v) is 13.5. The van der Waals surface area contributed by atoms with Gasteiger partial charge in [0.15, 0.2) is 8.07 Å². The van der Waals surface area contributed by atoms with Crippen molar-refractivity contribution in [3.05, 3.63) is 132 Å². The van der Waals surface area contributed by atoms with Gasteiger partial charge in [0.05, 0.1) is 0 Å². The van der Waals surface area contributed by atoms with Gasteiger partial charge in [-0.25, -0.2) is 0 Å². The van der Waals surface area contributed by atoms with Crippen molar-refractivity contribution in [3.8, 4) is 0 Å². The van der Waals surface area contributed by atoms with Crippen molar-refractivity contribution in [2.24, 2.45) is 0 Å². The number of thiophene rings is 1. The Kier molecular flexibility index (Phi) is 5.02. The van der Waals surface area contributed by atoms with Gasteiger partial charge in [0.2, 0.25) is 0 Å². The molecule has 0 radical (unpaired) electrons. The molecule has 0 unspecified atom stereocenters. The molecule has 2 heteroatoms. The van der Waals surface area contributed by atoms with E-state index in [2.05, 4.69) is 124 Å². The van der Waals surface area contributed by atoms with E-state index in [1.54, 1.807) is 0 Å². The van der Waals surface area contributed by atoms with E-state index < -0.39 is 8.07 Å². The van der Waals surface area contributed by atoms with Crippen LogP contribution in [-0.4, -0.2) is 8.07 Å². The van der Waals surface area contributed by atoms with Gasteiger partial charge in [0.25, 0.3) is 0 Å². The zero-order valence-electron chi connectivity index (χ0n) is 19.5. The minimum Gasteiger partial charge on any atom is -0.135 e. The van der Waals surface area contributed by atoms with Crippen LogP contribution in [0.25, 0.3) is 25.7 Å². The third-order valence-electron chi connectivity index (χ3n) is 7.25. The van der Waals surface area contributed by atoms with Crippen LogP contribution in [0.3, 0.4) is 0 Å². The highest BCUT2D eigenvalue weighted by Crippen LogP contribution is 2.43. The van der Waals surface area contributed by atoms with E-state index in [4.69, 9.17) is 0 Å². The molecule has 0 saturated carbocycles. The topological polar surface area (TPSA) is 0 Å². The highest BCUT2D eigenvalue weighted by molar-refractivity contribution is 7.27. The molecule has 0 nitrogen and oxygen atoms in total. The first kappa shape index (κ1) is 21.1. The summed E-state index contributed by atoms with van der Waals surface area (Å²) in [6.07, 6.45) is 6.28. The number of rotatable bonds is 4. The zero-order chi connectivity index (χ0) is 23.3. The van der Waals surface area contributed by atoms with Crippen LogP contribution in [0.2, 0.25) is 0 Å². The van der Waals surface area contributed by atoms with Crippen LogP contribution in [0.5, 0.6) is 0 Å². The van der Waals surface area contributed by atoms with Crippen LogP contribution in [0.4, 0.5) is 0 Å². The molecule has 0 aliphatic carbocycles. The van der Waals surface area contributed by atoms with E-state index in [1.807, 2.05) is 17.4 Å². The summed E-state index contributed by atoms with van der Waals surface area (Å²) in [5.74, 6) is 0. The van der Waals surface area contributed by atoms with Crippen LogP contribution in [-0.2, 0) is 0 Å². The van der Waals surface area contributed by atoms with Gasteiger partial charge in [0.1, 0.15) is 0 Å². The van der Waals surface area contributed by atoms with Crippen LogP contribution < -0.4 is 15.6 Å². The molecule has 2 heterocycles. The van der Waals surface area contributed by atoms with Crippen molar-refractivity contribution >= 4 is 60.7 Å². The summed E-state index contributed by atoms with van der Waals surface area (Å²) in [6.45, 7) is 8.52. The van der Waals surface area contributed by atoms with Crippen molar-refractivity contribution in [2.75, 3.05) is 0 Å². The minimum absolute atomic E-state index is 1.31. The number of aryl methyl sites for hydroxylation is 1. The van der Waals surface area contributed by atoms with Crippen LogP contribution in [0, 0.1) is 6.92 Å². The summed E-state index contributed by atoms with van der Waals surface area (Å²) in [7, 11) is -2.40. The molecular formula is C32H26SSi. The average molecular weight is 471 g/mol. The van der Waals surface area contributed by atoms with Gasteiger partial charge in [-0.1, -0.05) is 115 Å². The highest BCUT2D eigenvalue weighted by atomic mass is 32.1. The number of benzene rings is 4. The molecule has 1 aromatic heterocycles. The molecule has 0 atom stereocenters. The lowest BCUT2D eigenvalue weighted by Gasteiger charge is -2.32. The Balaban J connectivity index is 1.81. The molecular weight excluding hydrogens is 445 g/mol. The quantitative estimate of drug-likeness (QED) is 0.198. The second-order valence-electron chi connectivity index (χ2n) is 9.08. The van der Waals surface area contributed by atoms with Gasteiger partial charge in [-0.15, -0.1) is 11.3 Å². The van der Waals surface area contributed by atoms with E-state index in [-0.39, 0.29) is 0 Å². The van der Waals surface area contributed by atoms with Gasteiger partial charge in [-0.3, -0.25) is 0 Å². The largest absolute Gasteiger partial charge is 0.176 e. The molecule has 0 saturated heterocycles. The molecule has 0 N–H and O–H groups in total. The van der Waals surface area contributed by atoms with E-state index in [0.29, 0.717) is 0 Å². The first-order valence-corrected chi connectivity index (χ1v) is 14.6. The predicted molar refractivity (Wildman–Crippen MR) is 154 cm³/mol. The SMILES string of the molecule is C=C/C=C\C1=C(C)[Si](c2ccccc2)(c2ccccc2)c2ccc3c(sc4cc(C)ccc43)c21. The average Bonchev–Trinajstić information content (AvgIpc) is 3.36. The second kappa shape index (κ2) is 8.09. The molecule has 5 aromatic rings. The standard InChI is InChI=1S/C32H26SSi/c1-4-5-16-26-23(3)34(24-12-8-6-9-13-24,25-14-10-7-11-15-25)30-20-19-28-27-18-17-22(2)21-29(27)33-32(28)31(26)30/h4-21H,1H2,2-3H3/b16-5-. The first-order valence-electron chi connectivity index (χ1n) is 11.7. The molecule has 4 aromatic carbocycles. The fourth-order valence-corrected chi connectivity index (χ4v) is 12.4. The van der Waals surface area contributed by atoms with E-state index in [1.165, 1.54) is 57.6 Å². The molecule has 0 bridgehead atoms. The lowest BCUT2D eigenvalue weighted by atomic mass is 10.0. The molecule has 1 aliphatic heterocycles. The maximum atomic E-state index is 3.97. The smallest absolute Gasteiger partial charge is 0.135 e. The van der Waals surface area contributed by atoms with Crippen molar-refractivity contribution in [3.63, 3.8) is 0 Å². The summed E-state index contributed by atoms with van der Waals surface area (Å²) in [4.78, 5) is 0. The number of allylic oxidation sites excluding steroid dienone is 5. The number of fused-ring (bicyclic) bond motifs is 5. The third kappa shape index (κ3) is 2.89. The fraction of sp³-hybridized carbons (Fsp3) is 0.0625. The van der Waals surface area contributed by atoms with Crippen molar-refractivity contribution < 1.29 is 0 Å². The lowest BCUT2D eigenvalue weighted by Crippen LogP contribution is -2.67. The maximum absolute atomic E-state index is 3.97. The molecule has 0 spiro atoms. The van der Waals surface area contributed by atoms with Crippen LogP contribution >= 0.6 is 11.3 Å². The summed E-state index contributed by atoms with van der Waals surface area (Å²) >= 11 is 1.94. The fourth-order valence-electron chi connectivity index (χ4n) is 5.78. The van der Waals surface area contributed by atoms with E-state index in [0.717, 1.165) is 0 Å². The van der Waals surface area contributed by atoms with Gasteiger partial charge < -0.3 is 0 Å². The van der Waals surface area contributed by atoms with Crippen molar-refractivity contribution in [1.29, 1.82) is 0 Å². The van der Waals surface area contributed by atoms with E-state index in [9.17, 15) is 0 Å². The van der Waals surface area contributed by atoms with Crippen LogP contribution in [0.1, 0.15) is 18.1 Å². The monoisotopic (exact) mass is 470 g/mol. The van der Waals surface area contributed by atoms with Gasteiger partial charge in [0, 0.05) is 20.2 Å². The first-order chi connectivity index (χ1) is 16.7. The summed E-state index contributed by atoms with van der Waals surface area (Å²) in [6, 6.07) is 34.0. The predicted octanol–water partition coefficient (Wildman–Crippen LogP) is 6.90. The number of hydrogen-bond donors (Lipinski definition) is 0. The lowest BCUT2D eigenvalue weighted by molar-refractivity contribution is 1.52. The summed E-state index contributed by atoms with van der Waals surface area (Å²) < 4.78 is 2.77. The normalized spacial score (nSPS) is 14.9. The summed E-state index contributed by atoms with van der Waals surface area (Å²) in [5, 5.41) is 8.61. The zero-order valence-corrected chi connectivity index (χ0v) is 21.3. The Morgan fingerprint density at radius 3 is 2.06 bits per heavy atom. The molecule has 1 aliphatic rings. The molecule has 34 heavy (non-hydrogen) atoms. The van der Waals surface area contributed by atoms with E-state index >= 15 is 0 Å². The van der Waals surface area contributed by atoms with Crippen molar-refractivity contribution in [1.82, 2.24) is 0 Å². The maximum Gasteiger partial charge on any atom is 0.176 e. The van der Waals surface area contributed by atoms with Gasteiger partial charge in [-0.05, 0) is 52.2 Å². The Morgan fingerprint density at radius 2 is 1.41 bits per heavy atom. The Morgan fingerprint density at radius 1 is 0.765 bits per heavy atom. The minimum atomic E-state index is -2.40. The summed E-state index contributed by atoms with van der Waals surface area (Å²) in [5.41, 5.74) is 4.10. The second-order valence-corrected chi connectivity index (χ2v) is 14.1. The molecule has 0 amide bonds. The van der Waals surface area contributed by atoms with Gasteiger partial charge in [-0.2, -0.15) is 0 Å². The molecule has 0 fully saturated rings.